The molecule has 102 valence electrons. The summed E-state index contributed by atoms with van der Waals surface area (Å²) in [5, 5.41) is 11.4. The maximum absolute atomic E-state index is 11.4. The summed E-state index contributed by atoms with van der Waals surface area (Å²) < 4.78 is 0. The molecule has 2 rings (SSSR count). The highest BCUT2D eigenvalue weighted by Crippen LogP contribution is 2.37. The van der Waals surface area contributed by atoms with Crippen molar-refractivity contribution in [1.29, 1.82) is 0 Å². The molecule has 0 saturated carbocycles. The van der Waals surface area contributed by atoms with Crippen LogP contribution in [-0.2, 0) is 5.60 Å². The lowest BCUT2D eigenvalue weighted by Crippen LogP contribution is -2.41. The second kappa shape index (κ2) is 5.90. The first-order valence-corrected chi connectivity index (χ1v) is 6.80. The van der Waals surface area contributed by atoms with Crippen molar-refractivity contribution in [2.24, 2.45) is 5.92 Å². The minimum atomic E-state index is -1.28. The predicted molar refractivity (Wildman–Crippen MR) is 81.1 cm³/mol. The molecular weight excluding hydrogens is 246 g/mol. The Morgan fingerprint density at radius 3 is 1.60 bits per heavy atom. The standard InChI is InChI=1S/C18H19NO/c1-14(2)17(19-3)18(20,15-10-6-4-7-11-15)16-12-8-5-9-13-16/h4-14,17,20H,1-2H3/t17-/m0/s1. The van der Waals surface area contributed by atoms with Gasteiger partial charge in [0.25, 0.3) is 6.04 Å². The molecule has 0 aliphatic heterocycles. The minimum absolute atomic E-state index is 0.0536. The van der Waals surface area contributed by atoms with Crippen LogP contribution in [0.15, 0.2) is 60.7 Å². The van der Waals surface area contributed by atoms with Gasteiger partial charge in [-0.25, -0.2) is 6.57 Å². The molecule has 2 aromatic carbocycles. The Morgan fingerprint density at radius 2 is 1.30 bits per heavy atom. The van der Waals surface area contributed by atoms with Gasteiger partial charge in [0.15, 0.2) is 5.60 Å². The van der Waals surface area contributed by atoms with Crippen molar-refractivity contribution in [3.8, 4) is 0 Å². The van der Waals surface area contributed by atoms with Crippen LogP contribution in [0.4, 0.5) is 0 Å². The quantitative estimate of drug-likeness (QED) is 0.834. The van der Waals surface area contributed by atoms with Gasteiger partial charge in [-0.2, -0.15) is 0 Å². The van der Waals surface area contributed by atoms with Crippen LogP contribution in [0, 0.1) is 12.5 Å². The lowest BCUT2D eigenvalue weighted by Gasteiger charge is -2.31. The van der Waals surface area contributed by atoms with Gasteiger partial charge >= 0.3 is 0 Å². The summed E-state index contributed by atoms with van der Waals surface area (Å²) in [6, 6.07) is 18.4. The van der Waals surface area contributed by atoms with E-state index in [1.807, 2.05) is 74.5 Å². The minimum Gasteiger partial charge on any atom is -0.373 e. The summed E-state index contributed by atoms with van der Waals surface area (Å²) in [5.74, 6) is 0.0536. The highest BCUT2D eigenvalue weighted by Gasteiger charge is 2.46. The molecule has 0 amide bonds. The fraction of sp³-hybridized carbons (Fsp3) is 0.278. The predicted octanol–water partition coefficient (Wildman–Crippen LogP) is 3.87. The van der Waals surface area contributed by atoms with E-state index in [0.29, 0.717) is 0 Å². The summed E-state index contributed by atoms with van der Waals surface area (Å²) in [6.07, 6.45) is 0. The summed E-state index contributed by atoms with van der Waals surface area (Å²) in [5.41, 5.74) is 0.250. The number of rotatable bonds is 4. The number of benzene rings is 2. The second-order valence-corrected chi connectivity index (χ2v) is 5.32. The lowest BCUT2D eigenvalue weighted by molar-refractivity contribution is 0.0496. The zero-order valence-corrected chi connectivity index (χ0v) is 11.8. The molecular formula is C18H19NO. The van der Waals surface area contributed by atoms with Gasteiger partial charge in [-0.3, -0.25) is 0 Å². The van der Waals surface area contributed by atoms with Crippen LogP contribution in [0.2, 0.25) is 0 Å². The Kier molecular flexibility index (Phi) is 4.22. The van der Waals surface area contributed by atoms with Crippen molar-refractivity contribution >= 4 is 0 Å². The van der Waals surface area contributed by atoms with E-state index in [9.17, 15) is 5.11 Å². The molecule has 1 N–H and O–H groups in total. The molecule has 2 aromatic rings. The second-order valence-electron chi connectivity index (χ2n) is 5.32. The van der Waals surface area contributed by atoms with Gasteiger partial charge < -0.3 is 9.95 Å². The number of hydrogen-bond donors (Lipinski definition) is 1. The van der Waals surface area contributed by atoms with Crippen LogP contribution in [0.1, 0.15) is 25.0 Å². The molecule has 2 nitrogen and oxygen atoms in total. The SMILES string of the molecule is [C-]#[N+][C@@H](C(C)C)C(O)(c1ccccc1)c1ccccc1. The molecule has 0 bridgehead atoms. The molecule has 20 heavy (non-hydrogen) atoms. The van der Waals surface area contributed by atoms with E-state index in [1.54, 1.807) is 0 Å². The molecule has 1 atom stereocenters. The molecule has 0 fully saturated rings. The third-order valence-electron chi connectivity index (χ3n) is 3.63. The van der Waals surface area contributed by atoms with Crippen LogP contribution in [0.5, 0.6) is 0 Å². The van der Waals surface area contributed by atoms with Gasteiger partial charge in [-0.1, -0.05) is 74.5 Å². The molecule has 0 saturated heterocycles. The Labute approximate surface area is 120 Å². The lowest BCUT2D eigenvalue weighted by atomic mass is 9.76. The van der Waals surface area contributed by atoms with Crippen molar-refractivity contribution in [1.82, 2.24) is 0 Å². The van der Waals surface area contributed by atoms with Gasteiger partial charge in [-0.15, -0.1) is 0 Å². The van der Waals surface area contributed by atoms with Crippen molar-refractivity contribution < 1.29 is 5.11 Å². The summed E-state index contributed by atoms with van der Waals surface area (Å²) in [6.45, 7) is 11.5. The van der Waals surface area contributed by atoms with E-state index >= 15 is 0 Å². The van der Waals surface area contributed by atoms with Gasteiger partial charge in [0.2, 0.25) is 0 Å². The first-order valence-electron chi connectivity index (χ1n) is 6.80. The number of aliphatic hydroxyl groups is 1. The van der Waals surface area contributed by atoms with Crippen LogP contribution < -0.4 is 0 Å². The fourth-order valence-electron chi connectivity index (χ4n) is 2.62. The van der Waals surface area contributed by atoms with Gasteiger partial charge in [0.05, 0.1) is 0 Å². The van der Waals surface area contributed by atoms with Crippen LogP contribution in [0.3, 0.4) is 0 Å². The highest BCUT2D eigenvalue weighted by atomic mass is 16.3. The van der Waals surface area contributed by atoms with Crippen LogP contribution in [0.25, 0.3) is 4.85 Å². The normalized spacial score (nSPS) is 12.9. The van der Waals surface area contributed by atoms with Gasteiger partial charge in [-0.05, 0) is 11.1 Å². The number of nitrogens with zero attached hydrogens (tertiary/aromatic N) is 1. The largest absolute Gasteiger partial charge is 0.373 e. The topological polar surface area (TPSA) is 24.6 Å². The van der Waals surface area contributed by atoms with E-state index < -0.39 is 11.6 Å². The zero-order valence-electron chi connectivity index (χ0n) is 11.8. The monoisotopic (exact) mass is 265 g/mol. The summed E-state index contributed by atoms with van der Waals surface area (Å²) >= 11 is 0. The molecule has 0 aliphatic carbocycles. The molecule has 0 heterocycles. The van der Waals surface area contributed by atoms with E-state index in [0.717, 1.165) is 11.1 Å². The van der Waals surface area contributed by atoms with E-state index in [1.165, 1.54) is 0 Å². The average molecular weight is 265 g/mol. The van der Waals surface area contributed by atoms with Crippen molar-refractivity contribution in [3.63, 3.8) is 0 Å². The summed E-state index contributed by atoms with van der Waals surface area (Å²) in [7, 11) is 0. The molecule has 0 unspecified atom stereocenters. The van der Waals surface area contributed by atoms with Crippen LogP contribution in [-0.4, -0.2) is 11.1 Å². The summed E-state index contributed by atoms with van der Waals surface area (Å²) in [4.78, 5) is 3.71. The van der Waals surface area contributed by atoms with E-state index in [-0.39, 0.29) is 5.92 Å². The van der Waals surface area contributed by atoms with Crippen molar-refractivity contribution in [2.45, 2.75) is 25.5 Å². The molecule has 0 spiro atoms. The highest BCUT2D eigenvalue weighted by molar-refractivity contribution is 5.39. The molecule has 2 heteroatoms. The molecule has 0 aliphatic rings. The maximum atomic E-state index is 11.4. The smallest absolute Gasteiger partial charge is 0.262 e. The van der Waals surface area contributed by atoms with Crippen molar-refractivity contribution in [2.75, 3.05) is 0 Å². The maximum Gasteiger partial charge on any atom is 0.262 e. The molecule has 0 radical (unpaired) electrons. The van der Waals surface area contributed by atoms with Gasteiger partial charge in [0.1, 0.15) is 0 Å². The Bertz CT molecular complexity index is 544. The fourth-order valence-corrected chi connectivity index (χ4v) is 2.62. The first kappa shape index (κ1) is 14.3. The third kappa shape index (κ3) is 2.45. The van der Waals surface area contributed by atoms with Crippen molar-refractivity contribution in [3.05, 3.63) is 83.2 Å². The van der Waals surface area contributed by atoms with E-state index in [4.69, 9.17) is 6.57 Å². The Balaban J connectivity index is 2.64. The van der Waals surface area contributed by atoms with Crippen LogP contribution >= 0.6 is 0 Å². The molecule has 0 aromatic heterocycles. The first-order chi connectivity index (χ1) is 9.60. The Morgan fingerprint density at radius 1 is 0.900 bits per heavy atom. The van der Waals surface area contributed by atoms with E-state index in [2.05, 4.69) is 4.85 Å². The zero-order chi connectivity index (χ0) is 14.6. The van der Waals surface area contributed by atoms with Gasteiger partial charge in [0, 0.05) is 5.92 Å². The Hall–Kier alpha value is -2.11. The average Bonchev–Trinajstić information content (AvgIpc) is 2.49. The number of hydrogen-bond acceptors (Lipinski definition) is 1. The third-order valence-corrected chi connectivity index (χ3v) is 3.63.